The van der Waals surface area contributed by atoms with Gasteiger partial charge in [0.05, 0.1) is 0 Å². The molecule has 4 N–H and O–H groups in total. The summed E-state index contributed by atoms with van der Waals surface area (Å²) < 4.78 is 0. The molecule has 1 aliphatic heterocycles. The van der Waals surface area contributed by atoms with Gasteiger partial charge in [-0.25, -0.2) is 0 Å². The number of nitrogens with one attached hydrogen (secondary N) is 2. The third kappa shape index (κ3) is 1.93. The van der Waals surface area contributed by atoms with Crippen molar-refractivity contribution in [2.45, 2.75) is 38.3 Å². The summed E-state index contributed by atoms with van der Waals surface area (Å²) in [6.45, 7) is 3.22. The quantitative estimate of drug-likeness (QED) is 0.759. The van der Waals surface area contributed by atoms with Gasteiger partial charge in [0.2, 0.25) is 0 Å². The molecule has 1 aromatic carbocycles. The van der Waals surface area contributed by atoms with Crippen LogP contribution in [0.25, 0.3) is 10.9 Å². The first-order valence-corrected chi connectivity index (χ1v) is 6.83. The number of hydrogen-bond acceptors (Lipinski definition) is 2. The molecule has 18 heavy (non-hydrogen) atoms. The van der Waals surface area contributed by atoms with Crippen molar-refractivity contribution < 1.29 is 0 Å². The van der Waals surface area contributed by atoms with Gasteiger partial charge >= 0.3 is 0 Å². The van der Waals surface area contributed by atoms with Crippen LogP contribution in [0.1, 0.15) is 36.6 Å². The Morgan fingerprint density at radius 1 is 1.28 bits per heavy atom. The second kappa shape index (κ2) is 4.75. The standard InChI is InChI=1S/C15H21N3/c1-10-14(11-6-2-3-7-12(11)18-10)15(16)13-8-4-5-9-17-13/h2-3,6-7,13,15,17-18H,4-5,8-9,16H2,1H3. The molecule has 2 atom stereocenters. The lowest BCUT2D eigenvalue weighted by Crippen LogP contribution is -2.42. The maximum Gasteiger partial charge on any atom is 0.0474 e. The molecule has 1 aromatic heterocycles. The van der Waals surface area contributed by atoms with Gasteiger partial charge in [-0.2, -0.15) is 0 Å². The first-order chi connectivity index (χ1) is 8.77. The normalized spacial score (nSPS) is 22.2. The molecule has 96 valence electrons. The van der Waals surface area contributed by atoms with Crippen molar-refractivity contribution in [3.05, 3.63) is 35.5 Å². The predicted octanol–water partition coefficient (Wildman–Crippen LogP) is 2.62. The zero-order chi connectivity index (χ0) is 12.5. The van der Waals surface area contributed by atoms with Crippen LogP contribution >= 0.6 is 0 Å². The zero-order valence-electron chi connectivity index (χ0n) is 10.9. The van der Waals surface area contributed by atoms with Gasteiger partial charge in [-0.3, -0.25) is 0 Å². The topological polar surface area (TPSA) is 53.8 Å². The summed E-state index contributed by atoms with van der Waals surface area (Å²) in [5.74, 6) is 0. The highest BCUT2D eigenvalue weighted by Crippen LogP contribution is 2.30. The molecular formula is C15H21N3. The minimum atomic E-state index is 0.0847. The van der Waals surface area contributed by atoms with Crippen LogP contribution in [-0.4, -0.2) is 17.6 Å². The molecule has 1 aliphatic rings. The largest absolute Gasteiger partial charge is 0.358 e. The minimum Gasteiger partial charge on any atom is -0.358 e. The van der Waals surface area contributed by atoms with E-state index in [0.29, 0.717) is 6.04 Å². The number of piperidine rings is 1. The molecule has 0 aliphatic carbocycles. The van der Waals surface area contributed by atoms with E-state index < -0.39 is 0 Å². The number of benzene rings is 1. The van der Waals surface area contributed by atoms with Crippen molar-refractivity contribution in [1.82, 2.24) is 10.3 Å². The molecule has 1 fully saturated rings. The van der Waals surface area contributed by atoms with Crippen molar-refractivity contribution in [3.8, 4) is 0 Å². The van der Waals surface area contributed by atoms with Gasteiger partial charge in [0.1, 0.15) is 0 Å². The Balaban J connectivity index is 1.99. The maximum atomic E-state index is 6.50. The fourth-order valence-corrected chi connectivity index (χ4v) is 3.11. The highest BCUT2D eigenvalue weighted by molar-refractivity contribution is 5.85. The Morgan fingerprint density at radius 2 is 2.11 bits per heavy atom. The molecule has 3 rings (SSSR count). The predicted molar refractivity (Wildman–Crippen MR) is 75.6 cm³/mol. The SMILES string of the molecule is Cc1[nH]c2ccccc2c1C(N)C1CCCCN1. The number of nitrogens with two attached hydrogens (primary N) is 1. The maximum absolute atomic E-state index is 6.50. The fourth-order valence-electron chi connectivity index (χ4n) is 3.11. The Labute approximate surface area is 108 Å². The van der Waals surface area contributed by atoms with Crippen LogP contribution in [0.4, 0.5) is 0 Å². The van der Waals surface area contributed by atoms with Crippen LogP contribution in [0.2, 0.25) is 0 Å². The molecule has 0 radical (unpaired) electrons. The monoisotopic (exact) mass is 243 g/mol. The molecule has 3 nitrogen and oxygen atoms in total. The average molecular weight is 243 g/mol. The second-order valence-electron chi connectivity index (χ2n) is 5.29. The summed E-state index contributed by atoms with van der Waals surface area (Å²) >= 11 is 0. The Hall–Kier alpha value is -1.32. The summed E-state index contributed by atoms with van der Waals surface area (Å²) in [4.78, 5) is 3.44. The lowest BCUT2D eigenvalue weighted by Gasteiger charge is -2.29. The van der Waals surface area contributed by atoms with E-state index in [0.717, 1.165) is 6.54 Å². The summed E-state index contributed by atoms with van der Waals surface area (Å²) in [5, 5.41) is 4.83. The van der Waals surface area contributed by atoms with Crippen LogP contribution in [0.5, 0.6) is 0 Å². The van der Waals surface area contributed by atoms with Crippen LogP contribution < -0.4 is 11.1 Å². The van der Waals surface area contributed by atoms with Crippen LogP contribution in [0, 0.1) is 6.92 Å². The highest BCUT2D eigenvalue weighted by atomic mass is 15.0. The third-order valence-electron chi connectivity index (χ3n) is 4.06. The van der Waals surface area contributed by atoms with Gasteiger partial charge < -0.3 is 16.0 Å². The Bertz CT molecular complexity index is 538. The summed E-state index contributed by atoms with van der Waals surface area (Å²) in [6.07, 6.45) is 3.74. The van der Waals surface area contributed by atoms with Crippen LogP contribution in [0.3, 0.4) is 0 Å². The summed E-state index contributed by atoms with van der Waals surface area (Å²) in [6, 6.07) is 8.93. The van der Waals surface area contributed by atoms with E-state index in [2.05, 4.69) is 41.5 Å². The molecule has 2 heterocycles. The molecule has 0 amide bonds. The number of aryl methyl sites for hydroxylation is 1. The van der Waals surface area contributed by atoms with Crippen molar-refractivity contribution >= 4 is 10.9 Å². The third-order valence-corrected chi connectivity index (χ3v) is 4.06. The first-order valence-electron chi connectivity index (χ1n) is 6.83. The van der Waals surface area contributed by atoms with Gasteiger partial charge in [-0.15, -0.1) is 0 Å². The molecule has 1 saturated heterocycles. The van der Waals surface area contributed by atoms with Crippen LogP contribution in [0.15, 0.2) is 24.3 Å². The second-order valence-corrected chi connectivity index (χ2v) is 5.29. The smallest absolute Gasteiger partial charge is 0.0474 e. The van der Waals surface area contributed by atoms with Gasteiger partial charge in [0.15, 0.2) is 0 Å². The van der Waals surface area contributed by atoms with Gasteiger partial charge in [0, 0.05) is 28.7 Å². The Morgan fingerprint density at radius 3 is 2.89 bits per heavy atom. The number of aromatic amines is 1. The molecule has 2 unspecified atom stereocenters. The first kappa shape index (κ1) is 11.8. The summed E-state index contributed by atoms with van der Waals surface area (Å²) in [7, 11) is 0. The van der Waals surface area contributed by atoms with Crippen molar-refractivity contribution in [2.24, 2.45) is 5.73 Å². The van der Waals surface area contributed by atoms with Crippen molar-refractivity contribution in [3.63, 3.8) is 0 Å². The van der Waals surface area contributed by atoms with E-state index in [1.165, 1.54) is 41.4 Å². The van der Waals surface area contributed by atoms with Crippen molar-refractivity contribution in [1.29, 1.82) is 0 Å². The van der Waals surface area contributed by atoms with Crippen LogP contribution in [-0.2, 0) is 0 Å². The number of H-pyrrole nitrogens is 1. The molecule has 3 heteroatoms. The molecular weight excluding hydrogens is 222 g/mol. The van der Waals surface area contributed by atoms with E-state index >= 15 is 0 Å². The molecule has 0 saturated carbocycles. The van der Waals surface area contributed by atoms with Gasteiger partial charge in [-0.1, -0.05) is 24.6 Å². The van der Waals surface area contributed by atoms with E-state index in [1.54, 1.807) is 0 Å². The number of fused-ring (bicyclic) bond motifs is 1. The summed E-state index contributed by atoms with van der Waals surface area (Å²) in [5.41, 5.74) is 10.2. The minimum absolute atomic E-state index is 0.0847. The molecule has 0 spiro atoms. The van der Waals surface area contributed by atoms with E-state index in [9.17, 15) is 0 Å². The molecule has 0 bridgehead atoms. The van der Waals surface area contributed by atoms with Gasteiger partial charge in [-0.05, 0) is 37.9 Å². The number of rotatable bonds is 2. The zero-order valence-corrected chi connectivity index (χ0v) is 10.9. The average Bonchev–Trinajstić information content (AvgIpc) is 2.75. The van der Waals surface area contributed by atoms with E-state index in [1.807, 2.05) is 0 Å². The highest BCUT2D eigenvalue weighted by Gasteiger charge is 2.24. The molecule has 2 aromatic rings. The van der Waals surface area contributed by atoms with Gasteiger partial charge in [0.25, 0.3) is 0 Å². The number of aromatic nitrogens is 1. The fraction of sp³-hybridized carbons (Fsp3) is 0.467. The van der Waals surface area contributed by atoms with E-state index in [4.69, 9.17) is 5.73 Å². The number of hydrogen-bond donors (Lipinski definition) is 3. The lowest BCUT2D eigenvalue weighted by molar-refractivity contribution is 0.354. The lowest BCUT2D eigenvalue weighted by atomic mass is 9.92. The van der Waals surface area contributed by atoms with E-state index in [-0.39, 0.29) is 6.04 Å². The Kier molecular flexibility index (Phi) is 3.10. The number of para-hydroxylation sites is 1. The van der Waals surface area contributed by atoms with Crippen molar-refractivity contribution in [2.75, 3.05) is 6.54 Å².